The zero-order valence-electron chi connectivity index (χ0n) is 19.5. The molecule has 0 spiro atoms. The standard InChI is InChI=1S/C25H29N5O3S/c1-16-21-22(20(15-26-24(21)34-28-16)25(32)30-11-3-4-12-30)29-13-9-17(10-14-29)23(31)27-18-5-7-19(33-2)8-6-18/h5-8,15,17H,3-4,9-14H2,1-2H3,(H,27,31). The number of rotatable bonds is 5. The van der Waals surface area contributed by atoms with E-state index >= 15 is 0 Å². The largest absolute Gasteiger partial charge is 0.497 e. The maximum Gasteiger partial charge on any atom is 0.257 e. The Morgan fingerprint density at radius 1 is 1.09 bits per heavy atom. The van der Waals surface area contributed by atoms with Crippen molar-refractivity contribution in [2.75, 3.05) is 43.5 Å². The molecule has 1 N–H and O–H groups in total. The van der Waals surface area contributed by atoms with E-state index in [1.54, 1.807) is 13.3 Å². The van der Waals surface area contributed by atoms with Gasteiger partial charge in [-0.3, -0.25) is 9.59 Å². The number of likely N-dealkylation sites (tertiary alicyclic amines) is 1. The van der Waals surface area contributed by atoms with Crippen molar-refractivity contribution in [3.63, 3.8) is 0 Å². The van der Waals surface area contributed by atoms with Crippen LogP contribution < -0.4 is 15.0 Å². The summed E-state index contributed by atoms with van der Waals surface area (Å²) in [5.41, 5.74) is 3.25. The molecule has 178 valence electrons. The minimum Gasteiger partial charge on any atom is -0.497 e. The lowest BCUT2D eigenvalue weighted by Gasteiger charge is -2.34. The fourth-order valence-electron chi connectivity index (χ4n) is 4.90. The number of nitrogens with zero attached hydrogens (tertiary/aromatic N) is 4. The molecule has 9 heteroatoms. The molecule has 2 aliphatic rings. The first kappa shape index (κ1) is 22.6. The zero-order chi connectivity index (χ0) is 23.7. The average molecular weight is 480 g/mol. The van der Waals surface area contributed by atoms with Crippen molar-refractivity contribution in [2.24, 2.45) is 5.92 Å². The van der Waals surface area contributed by atoms with Crippen molar-refractivity contribution in [1.29, 1.82) is 0 Å². The lowest BCUT2D eigenvalue weighted by atomic mass is 9.94. The molecule has 5 rings (SSSR count). The van der Waals surface area contributed by atoms with Crippen LogP contribution in [0.1, 0.15) is 41.7 Å². The lowest BCUT2D eigenvalue weighted by molar-refractivity contribution is -0.120. The van der Waals surface area contributed by atoms with Crippen LogP contribution in [0.2, 0.25) is 0 Å². The highest BCUT2D eigenvalue weighted by Crippen LogP contribution is 2.37. The second kappa shape index (κ2) is 9.58. The van der Waals surface area contributed by atoms with Gasteiger partial charge in [-0.1, -0.05) is 0 Å². The van der Waals surface area contributed by atoms with Gasteiger partial charge in [-0.15, -0.1) is 0 Å². The Balaban J connectivity index is 1.34. The molecule has 0 aliphatic carbocycles. The number of benzene rings is 1. The maximum absolute atomic E-state index is 13.4. The summed E-state index contributed by atoms with van der Waals surface area (Å²) in [6, 6.07) is 7.37. The molecule has 2 amide bonds. The quantitative estimate of drug-likeness (QED) is 0.593. The van der Waals surface area contributed by atoms with Gasteiger partial charge in [0.25, 0.3) is 5.91 Å². The van der Waals surface area contributed by atoms with Gasteiger partial charge in [0.05, 0.1) is 29.4 Å². The van der Waals surface area contributed by atoms with Gasteiger partial charge in [-0.25, -0.2) is 4.98 Å². The summed E-state index contributed by atoms with van der Waals surface area (Å²) >= 11 is 1.37. The number of methoxy groups -OCH3 is 1. The van der Waals surface area contributed by atoms with Gasteiger partial charge < -0.3 is 19.9 Å². The van der Waals surface area contributed by atoms with Crippen molar-refractivity contribution in [3.05, 3.63) is 41.7 Å². The number of nitrogens with one attached hydrogen (secondary N) is 1. The number of anilines is 2. The van der Waals surface area contributed by atoms with Crippen LogP contribution in [0.25, 0.3) is 10.2 Å². The minimum absolute atomic E-state index is 0.0337. The maximum atomic E-state index is 13.4. The van der Waals surface area contributed by atoms with Crippen LogP contribution in [-0.4, -0.2) is 59.4 Å². The van der Waals surface area contributed by atoms with E-state index in [9.17, 15) is 9.59 Å². The number of piperidine rings is 1. The van der Waals surface area contributed by atoms with E-state index in [0.717, 1.165) is 71.8 Å². The van der Waals surface area contributed by atoms with Crippen molar-refractivity contribution in [3.8, 4) is 5.75 Å². The Bertz CT molecular complexity index is 1200. The fourth-order valence-corrected chi connectivity index (χ4v) is 5.65. The number of amides is 2. The van der Waals surface area contributed by atoms with E-state index < -0.39 is 0 Å². The normalized spacial score (nSPS) is 16.8. The number of ether oxygens (including phenoxy) is 1. The number of fused-ring (bicyclic) bond motifs is 1. The number of aromatic nitrogens is 2. The molecule has 8 nitrogen and oxygen atoms in total. The highest BCUT2D eigenvalue weighted by Gasteiger charge is 2.31. The SMILES string of the molecule is COc1ccc(NC(=O)C2CCN(c3c(C(=O)N4CCCC4)cnc4snc(C)c34)CC2)cc1. The number of aryl methyl sites for hydroxylation is 1. The third-order valence-electron chi connectivity index (χ3n) is 6.81. The first-order valence-electron chi connectivity index (χ1n) is 11.8. The summed E-state index contributed by atoms with van der Waals surface area (Å²) < 4.78 is 9.69. The van der Waals surface area contributed by atoms with Gasteiger partial charge in [-0.2, -0.15) is 4.37 Å². The van der Waals surface area contributed by atoms with Gasteiger partial charge >= 0.3 is 0 Å². The van der Waals surface area contributed by atoms with Crippen molar-refractivity contribution in [2.45, 2.75) is 32.6 Å². The molecular weight excluding hydrogens is 450 g/mol. The molecule has 4 heterocycles. The Labute approximate surface area is 203 Å². The van der Waals surface area contributed by atoms with Crippen LogP contribution in [-0.2, 0) is 4.79 Å². The molecule has 2 fully saturated rings. The molecule has 1 aromatic carbocycles. The van der Waals surface area contributed by atoms with E-state index in [4.69, 9.17) is 4.74 Å². The van der Waals surface area contributed by atoms with Crippen molar-refractivity contribution < 1.29 is 14.3 Å². The Morgan fingerprint density at radius 3 is 2.47 bits per heavy atom. The Morgan fingerprint density at radius 2 is 1.79 bits per heavy atom. The van der Waals surface area contributed by atoms with E-state index in [2.05, 4.69) is 19.6 Å². The predicted molar refractivity (Wildman–Crippen MR) is 134 cm³/mol. The highest BCUT2D eigenvalue weighted by molar-refractivity contribution is 7.13. The Kier molecular flexibility index (Phi) is 6.36. The van der Waals surface area contributed by atoms with E-state index in [1.165, 1.54) is 11.5 Å². The minimum atomic E-state index is -0.0740. The first-order chi connectivity index (χ1) is 16.5. The molecule has 0 bridgehead atoms. The zero-order valence-corrected chi connectivity index (χ0v) is 20.4. The second-order valence-corrected chi connectivity index (χ2v) is 9.70. The lowest BCUT2D eigenvalue weighted by Crippen LogP contribution is -2.39. The highest BCUT2D eigenvalue weighted by atomic mass is 32.1. The molecular formula is C25H29N5O3S. The molecule has 34 heavy (non-hydrogen) atoms. The van der Waals surface area contributed by atoms with E-state index in [-0.39, 0.29) is 17.7 Å². The van der Waals surface area contributed by atoms with Crippen LogP contribution in [0.3, 0.4) is 0 Å². The van der Waals surface area contributed by atoms with Gasteiger partial charge in [-0.05, 0) is 68.4 Å². The van der Waals surface area contributed by atoms with Crippen molar-refractivity contribution >= 4 is 44.9 Å². The van der Waals surface area contributed by atoms with Crippen molar-refractivity contribution in [1.82, 2.24) is 14.3 Å². The number of hydrogen-bond acceptors (Lipinski definition) is 7. The number of hydrogen-bond donors (Lipinski definition) is 1. The smallest absolute Gasteiger partial charge is 0.257 e. The first-order valence-corrected chi connectivity index (χ1v) is 12.6. The van der Waals surface area contributed by atoms with Gasteiger partial charge in [0.15, 0.2) is 0 Å². The predicted octanol–water partition coefficient (Wildman–Crippen LogP) is 4.10. The van der Waals surface area contributed by atoms with Crippen LogP contribution >= 0.6 is 11.5 Å². The summed E-state index contributed by atoms with van der Waals surface area (Å²) in [5.74, 6) is 0.765. The molecule has 0 saturated carbocycles. The van der Waals surface area contributed by atoms with E-state index in [0.29, 0.717) is 18.7 Å². The summed E-state index contributed by atoms with van der Waals surface area (Å²) in [7, 11) is 1.62. The average Bonchev–Trinajstić information content (AvgIpc) is 3.54. The Hall–Kier alpha value is -3.20. The molecule has 0 atom stereocenters. The summed E-state index contributed by atoms with van der Waals surface area (Å²) in [4.78, 5) is 35.9. The number of carbonyl (C=O) groups excluding carboxylic acids is 2. The molecule has 0 radical (unpaired) electrons. The fraction of sp³-hybridized carbons (Fsp3) is 0.440. The van der Waals surface area contributed by atoms with Gasteiger partial charge in [0, 0.05) is 44.0 Å². The molecule has 2 aliphatic heterocycles. The topological polar surface area (TPSA) is 87.7 Å². The van der Waals surface area contributed by atoms with E-state index in [1.807, 2.05) is 36.1 Å². The van der Waals surface area contributed by atoms with Crippen LogP contribution in [0.15, 0.2) is 30.5 Å². The third kappa shape index (κ3) is 4.32. The number of carbonyl (C=O) groups is 2. The molecule has 2 saturated heterocycles. The van der Waals surface area contributed by atoms with Crippen LogP contribution in [0.4, 0.5) is 11.4 Å². The van der Waals surface area contributed by atoms with Gasteiger partial charge in [0.2, 0.25) is 5.91 Å². The molecule has 2 aromatic heterocycles. The molecule has 3 aromatic rings. The molecule has 0 unspecified atom stereocenters. The van der Waals surface area contributed by atoms with Gasteiger partial charge in [0.1, 0.15) is 10.6 Å². The summed E-state index contributed by atoms with van der Waals surface area (Å²) in [6.07, 6.45) is 5.26. The monoisotopic (exact) mass is 479 g/mol. The van der Waals surface area contributed by atoms with Crippen LogP contribution in [0.5, 0.6) is 5.75 Å². The third-order valence-corrected chi connectivity index (χ3v) is 7.66. The number of pyridine rings is 1. The summed E-state index contributed by atoms with van der Waals surface area (Å²) in [5, 5.41) is 4.00. The summed E-state index contributed by atoms with van der Waals surface area (Å²) in [6.45, 7) is 4.98. The second-order valence-electron chi connectivity index (χ2n) is 8.95. The van der Waals surface area contributed by atoms with Crippen LogP contribution in [0, 0.1) is 12.8 Å².